The number of benzene rings is 1. The van der Waals surface area contributed by atoms with Crippen LogP contribution in [0.1, 0.15) is 10.4 Å². The molecule has 0 spiro atoms. The third kappa shape index (κ3) is 5.39. The number of phosphoric acid groups is 1. The van der Waals surface area contributed by atoms with Gasteiger partial charge in [-0.25, -0.2) is 23.8 Å². The van der Waals surface area contributed by atoms with Crippen LogP contribution in [0.25, 0.3) is 5.65 Å². The molecule has 1 amide bonds. The van der Waals surface area contributed by atoms with Crippen molar-refractivity contribution in [1.29, 1.82) is 0 Å². The number of rotatable bonds is 8. The summed E-state index contributed by atoms with van der Waals surface area (Å²) in [5.74, 6) is -2.50. The van der Waals surface area contributed by atoms with Crippen LogP contribution in [0.15, 0.2) is 41.3 Å². The predicted octanol–water partition coefficient (Wildman–Crippen LogP) is 2.89. The van der Waals surface area contributed by atoms with Crippen LogP contribution in [0, 0.1) is 11.6 Å². The van der Waals surface area contributed by atoms with Crippen molar-refractivity contribution < 1.29 is 37.3 Å². The summed E-state index contributed by atoms with van der Waals surface area (Å²) in [5.41, 5.74) is 1.24. The van der Waals surface area contributed by atoms with E-state index in [1.54, 1.807) is 0 Å². The summed E-state index contributed by atoms with van der Waals surface area (Å²) in [4.78, 5) is 38.3. The Morgan fingerprint density at radius 3 is 2.77 bits per heavy atom. The molecule has 160 valence electrons. The smallest absolute Gasteiger partial charge is 0.350 e. The van der Waals surface area contributed by atoms with Gasteiger partial charge in [-0.05, 0) is 18.2 Å². The standard InChI is InChI=1S/C16H14BrF2N4O6P/c17-9-1-2-12(11(18)7-9)21-14-10(8-23-4-3-20-15(23)13(14)19)16(24)22-28-5-6-29-30(25,26)27/h1-4,7-8,21H,5-6H2,(H,22,24)(H2,25,26,27). The molecule has 0 unspecified atom stereocenters. The first-order valence-corrected chi connectivity index (χ1v) is 10.5. The van der Waals surface area contributed by atoms with E-state index in [0.717, 1.165) is 6.07 Å². The average molecular weight is 507 g/mol. The number of nitrogens with one attached hydrogen (secondary N) is 2. The van der Waals surface area contributed by atoms with Gasteiger partial charge in [0.15, 0.2) is 11.5 Å². The number of hydrogen-bond acceptors (Lipinski definition) is 6. The number of carbonyl (C=O) groups excluding carboxylic acids is 1. The summed E-state index contributed by atoms with van der Waals surface area (Å²) >= 11 is 3.12. The highest BCUT2D eigenvalue weighted by Gasteiger charge is 2.21. The Kier molecular flexibility index (Phi) is 6.81. The summed E-state index contributed by atoms with van der Waals surface area (Å²) in [6.07, 6.45) is 3.99. The number of halogens is 3. The summed E-state index contributed by atoms with van der Waals surface area (Å²) < 4.78 is 45.7. The monoisotopic (exact) mass is 506 g/mol. The van der Waals surface area contributed by atoms with Gasteiger partial charge in [0.2, 0.25) is 0 Å². The third-order valence-electron chi connectivity index (χ3n) is 3.67. The second kappa shape index (κ2) is 9.16. The molecule has 0 aliphatic heterocycles. The molecule has 0 saturated heterocycles. The van der Waals surface area contributed by atoms with Crippen LogP contribution in [-0.4, -0.2) is 38.3 Å². The topological polar surface area (TPSA) is 134 Å². The number of carbonyl (C=O) groups is 1. The highest BCUT2D eigenvalue weighted by molar-refractivity contribution is 9.10. The second-order valence-corrected chi connectivity index (χ2v) is 7.90. The van der Waals surface area contributed by atoms with Crippen LogP contribution in [0.2, 0.25) is 0 Å². The first-order chi connectivity index (χ1) is 14.2. The van der Waals surface area contributed by atoms with Crippen molar-refractivity contribution in [2.75, 3.05) is 18.5 Å². The summed E-state index contributed by atoms with van der Waals surface area (Å²) in [6.45, 7) is -0.897. The van der Waals surface area contributed by atoms with Gasteiger partial charge < -0.3 is 19.5 Å². The number of hydroxylamine groups is 1. The molecule has 0 atom stereocenters. The van der Waals surface area contributed by atoms with Crippen LogP contribution in [0.4, 0.5) is 20.2 Å². The second-order valence-electron chi connectivity index (χ2n) is 5.74. The van der Waals surface area contributed by atoms with Gasteiger partial charge in [0.25, 0.3) is 5.91 Å². The normalized spacial score (nSPS) is 11.6. The number of aromatic nitrogens is 2. The van der Waals surface area contributed by atoms with Gasteiger partial charge in [-0.3, -0.25) is 14.2 Å². The minimum absolute atomic E-state index is 0.0852. The zero-order valence-electron chi connectivity index (χ0n) is 14.9. The van der Waals surface area contributed by atoms with Crippen molar-refractivity contribution in [3.05, 3.63) is 58.5 Å². The van der Waals surface area contributed by atoms with Crippen molar-refractivity contribution in [3.63, 3.8) is 0 Å². The molecular weight excluding hydrogens is 493 g/mol. The number of nitrogens with zero attached hydrogens (tertiary/aromatic N) is 2. The highest BCUT2D eigenvalue weighted by Crippen LogP contribution is 2.35. The Bertz CT molecular complexity index is 1140. The number of fused-ring (bicyclic) bond motifs is 1. The molecule has 30 heavy (non-hydrogen) atoms. The van der Waals surface area contributed by atoms with E-state index in [1.165, 1.54) is 35.1 Å². The molecule has 0 aliphatic rings. The lowest BCUT2D eigenvalue weighted by molar-refractivity contribution is 0.0164. The van der Waals surface area contributed by atoms with Crippen molar-refractivity contribution in [2.45, 2.75) is 0 Å². The first-order valence-electron chi connectivity index (χ1n) is 8.15. The molecule has 1 aromatic carbocycles. The Hall–Kier alpha value is -2.41. The van der Waals surface area contributed by atoms with Gasteiger partial charge in [-0.1, -0.05) is 15.9 Å². The van der Waals surface area contributed by atoms with E-state index < -0.39 is 38.6 Å². The van der Waals surface area contributed by atoms with E-state index in [1.807, 2.05) is 5.48 Å². The maximum Gasteiger partial charge on any atom is 0.469 e. The molecule has 14 heteroatoms. The molecule has 2 heterocycles. The fourth-order valence-electron chi connectivity index (χ4n) is 2.41. The lowest BCUT2D eigenvalue weighted by Gasteiger charge is -2.15. The van der Waals surface area contributed by atoms with E-state index in [-0.39, 0.29) is 22.6 Å². The van der Waals surface area contributed by atoms with Crippen LogP contribution in [0.5, 0.6) is 0 Å². The summed E-state index contributed by atoms with van der Waals surface area (Å²) in [5, 5.41) is 2.55. The van der Waals surface area contributed by atoms with E-state index in [0.29, 0.717) is 4.47 Å². The fourth-order valence-corrected chi connectivity index (χ4v) is 3.06. The van der Waals surface area contributed by atoms with Crippen LogP contribution >= 0.6 is 23.8 Å². The first kappa shape index (κ1) is 22.3. The maximum atomic E-state index is 15.0. The molecule has 0 fully saturated rings. The molecule has 0 saturated carbocycles. The van der Waals surface area contributed by atoms with Crippen LogP contribution < -0.4 is 10.8 Å². The number of hydrogen-bond donors (Lipinski definition) is 4. The summed E-state index contributed by atoms with van der Waals surface area (Å²) in [6, 6.07) is 4.05. The summed E-state index contributed by atoms with van der Waals surface area (Å²) in [7, 11) is -4.67. The molecule has 4 N–H and O–H groups in total. The van der Waals surface area contributed by atoms with Gasteiger partial charge in [-0.15, -0.1) is 0 Å². The van der Waals surface area contributed by atoms with Crippen LogP contribution in [-0.2, 0) is 13.9 Å². The highest BCUT2D eigenvalue weighted by atomic mass is 79.9. The lowest BCUT2D eigenvalue weighted by atomic mass is 10.2. The van der Waals surface area contributed by atoms with Crippen molar-refractivity contribution >= 4 is 46.7 Å². The molecule has 0 bridgehead atoms. The Balaban J connectivity index is 1.84. The zero-order valence-corrected chi connectivity index (χ0v) is 17.4. The Morgan fingerprint density at radius 1 is 1.30 bits per heavy atom. The third-order valence-corrected chi connectivity index (χ3v) is 4.68. The minimum atomic E-state index is -4.67. The molecule has 2 aromatic heterocycles. The quantitative estimate of drug-likeness (QED) is 0.208. The van der Waals surface area contributed by atoms with Gasteiger partial charge in [0.05, 0.1) is 30.2 Å². The lowest BCUT2D eigenvalue weighted by Crippen LogP contribution is -2.27. The number of phosphoric ester groups is 1. The number of amides is 1. The Labute approximate surface area is 176 Å². The molecule has 3 rings (SSSR count). The molecule has 0 radical (unpaired) electrons. The van der Waals surface area contributed by atoms with Gasteiger partial charge >= 0.3 is 7.82 Å². The van der Waals surface area contributed by atoms with E-state index in [4.69, 9.17) is 14.6 Å². The molecule has 0 aliphatic carbocycles. The van der Waals surface area contributed by atoms with Crippen LogP contribution in [0.3, 0.4) is 0 Å². The van der Waals surface area contributed by atoms with Gasteiger partial charge in [0.1, 0.15) is 5.82 Å². The van der Waals surface area contributed by atoms with Crippen molar-refractivity contribution in [3.8, 4) is 0 Å². The fraction of sp³-hybridized carbons (Fsp3) is 0.125. The van der Waals surface area contributed by atoms with Gasteiger partial charge in [-0.2, -0.15) is 0 Å². The van der Waals surface area contributed by atoms with Crippen molar-refractivity contribution in [2.24, 2.45) is 0 Å². The maximum absolute atomic E-state index is 15.0. The minimum Gasteiger partial charge on any atom is -0.350 e. The average Bonchev–Trinajstić information content (AvgIpc) is 3.13. The number of imidazole rings is 1. The van der Waals surface area contributed by atoms with Gasteiger partial charge in [0, 0.05) is 23.1 Å². The van der Waals surface area contributed by atoms with E-state index >= 15 is 0 Å². The predicted molar refractivity (Wildman–Crippen MR) is 104 cm³/mol. The van der Waals surface area contributed by atoms with E-state index in [9.17, 15) is 18.1 Å². The number of pyridine rings is 1. The molecular formula is C16H14BrF2N4O6P. The largest absolute Gasteiger partial charge is 0.469 e. The zero-order chi connectivity index (χ0) is 21.9. The number of anilines is 2. The Morgan fingerprint density at radius 2 is 2.07 bits per heavy atom. The molecule has 10 nitrogen and oxygen atoms in total. The van der Waals surface area contributed by atoms with E-state index in [2.05, 4.69) is 30.8 Å². The van der Waals surface area contributed by atoms with Crippen molar-refractivity contribution in [1.82, 2.24) is 14.9 Å². The SMILES string of the molecule is O=C(NOCCOP(=O)(O)O)c1cn2ccnc2c(F)c1Nc1ccc(Br)cc1F. The molecule has 3 aromatic rings.